The van der Waals surface area contributed by atoms with Crippen LogP contribution in [0, 0.1) is 0 Å². The Kier molecular flexibility index (Phi) is 4.03. The topological polar surface area (TPSA) is 48.7 Å². The minimum absolute atomic E-state index is 0.436. The van der Waals surface area contributed by atoms with Gasteiger partial charge in [0.25, 0.3) is 0 Å². The standard InChI is InChI=1S/C15H14O4/c1-17-12-6-3-11(4-7-12)5-8-13-9-14(18-2)10-15(16)19-13/h3-10H,1-2H3. The Balaban J connectivity index is 2.21. The Bertz CT molecular complexity index is 623. The second-order valence-electron chi connectivity index (χ2n) is 3.83. The number of benzene rings is 1. The first-order valence-corrected chi connectivity index (χ1v) is 5.72. The molecule has 0 fully saturated rings. The molecule has 4 nitrogen and oxygen atoms in total. The molecule has 0 aliphatic carbocycles. The van der Waals surface area contributed by atoms with Gasteiger partial charge in [-0.1, -0.05) is 18.2 Å². The van der Waals surface area contributed by atoms with E-state index in [-0.39, 0.29) is 0 Å². The molecule has 0 aliphatic rings. The fraction of sp³-hybridized carbons (Fsp3) is 0.133. The Morgan fingerprint density at radius 1 is 0.947 bits per heavy atom. The van der Waals surface area contributed by atoms with Crippen LogP contribution in [0.1, 0.15) is 11.3 Å². The highest BCUT2D eigenvalue weighted by atomic mass is 16.5. The van der Waals surface area contributed by atoms with Crippen molar-refractivity contribution in [2.24, 2.45) is 0 Å². The fourth-order valence-electron chi connectivity index (χ4n) is 1.57. The number of hydrogen-bond acceptors (Lipinski definition) is 4. The first-order valence-electron chi connectivity index (χ1n) is 5.72. The molecule has 19 heavy (non-hydrogen) atoms. The van der Waals surface area contributed by atoms with Gasteiger partial charge in [0.1, 0.15) is 17.3 Å². The van der Waals surface area contributed by atoms with Crippen LogP contribution >= 0.6 is 0 Å². The van der Waals surface area contributed by atoms with Gasteiger partial charge in [0, 0.05) is 6.07 Å². The Labute approximate surface area is 110 Å². The van der Waals surface area contributed by atoms with E-state index < -0.39 is 5.63 Å². The Morgan fingerprint density at radius 2 is 1.63 bits per heavy atom. The molecule has 1 heterocycles. The zero-order valence-corrected chi connectivity index (χ0v) is 10.8. The Morgan fingerprint density at radius 3 is 2.26 bits per heavy atom. The van der Waals surface area contributed by atoms with Crippen molar-refractivity contribution < 1.29 is 13.9 Å². The summed E-state index contributed by atoms with van der Waals surface area (Å²) in [6.07, 6.45) is 3.56. The average molecular weight is 258 g/mol. The summed E-state index contributed by atoms with van der Waals surface area (Å²) in [6.45, 7) is 0. The molecule has 0 radical (unpaired) electrons. The zero-order chi connectivity index (χ0) is 13.7. The fourth-order valence-corrected chi connectivity index (χ4v) is 1.57. The van der Waals surface area contributed by atoms with Gasteiger partial charge in [-0.05, 0) is 23.8 Å². The molecule has 0 unspecified atom stereocenters. The van der Waals surface area contributed by atoms with Crippen LogP contribution in [0.15, 0.2) is 45.6 Å². The van der Waals surface area contributed by atoms with Crippen molar-refractivity contribution in [3.05, 3.63) is 58.1 Å². The van der Waals surface area contributed by atoms with Gasteiger partial charge in [0.05, 0.1) is 20.3 Å². The van der Waals surface area contributed by atoms with E-state index >= 15 is 0 Å². The smallest absolute Gasteiger partial charge is 0.339 e. The van der Waals surface area contributed by atoms with Crippen molar-refractivity contribution in [1.82, 2.24) is 0 Å². The van der Waals surface area contributed by atoms with Crippen LogP contribution in [0.25, 0.3) is 12.2 Å². The molecule has 2 rings (SSSR count). The lowest BCUT2D eigenvalue weighted by Gasteiger charge is -2.00. The van der Waals surface area contributed by atoms with Crippen molar-refractivity contribution >= 4 is 12.2 Å². The normalized spacial score (nSPS) is 10.6. The zero-order valence-electron chi connectivity index (χ0n) is 10.8. The summed E-state index contributed by atoms with van der Waals surface area (Å²) in [6, 6.07) is 10.5. The molecular weight excluding hydrogens is 244 g/mol. The third kappa shape index (κ3) is 3.48. The van der Waals surface area contributed by atoms with Gasteiger partial charge in [-0.3, -0.25) is 0 Å². The van der Waals surface area contributed by atoms with Crippen molar-refractivity contribution in [2.75, 3.05) is 14.2 Å². The molecule has 0 atom stereocenters. The predicted octanol–water partition coefficient (Wildman–Crippen LogP) is 2.83. The third-order valence-electron chi connectivity index (χ3n) is 2.55. The highest BCUT2D eigenvalue weighted by molar-refractivity contribution is 5.67. The number of ether oxygens (including phenoxy) is 2. The molecule has 98 valence electrons. The first-order chi connectivity index (χ1) is 9.21. The van der Waals surface area contributed by atoms with Crippen LogP contribution < -0.4 is 15.1 Å². The van der Waals surface area contributed by atoms with Crippen molar-refractivity contribution in [3.63, 3.8) is 0 Å². The van der Waals surface area contributed by atoms with E-state index in [2.05, 4.69) is 0 Å². The van der Waals surface area contributed by atoms with Crippen LogP contribution in [0.2, 0.25) is 0 Å². The first kappa shape index (κ1) is 13.0. The molecule has 0 amide bonds. The van der Waals surface area contributed by atoms with Gasteiger partial charge in [-0.25, -0.2) is 4.79 Å². The summed E-state index contributed by atoms with van der Waals surface area (Å²) in [4.78, 5) is 11.3. The van der Waals surface area contributed by atoms with E-state index in [9.17, 15) is 4.79 Å². The summed E-state index contributed by atoms with van der Waals surface area (Å²) < 4.78 is 15.1. The van der Waals surface area contributed by atoms with E-state index in [1.807, 2.05) is 30.3 Å². The maximum Gasteiger partial charge on any atom is 0.339 e. The summed E-state index contributed by atoms with van der Waals surface area (Å²) in [5, 5.41) is 0. The summed E-state index contributed by atoms with van der Waals surface area (Å²) in [7, 11) is 3.13. The highest BCUT2D eigenvalue weighted by Crippen LogP contribution is 2.15. The van der Waals surface area contributed by atoms with Crippen LogP contribution in [-0.2, 0) is 0 Å². The van der Waals surface area contributed by atoms with E-state index in [0.29, 0.717) is 11.5 Å². The molecule has 0 bridgehead atoms. The molecule has 0 saturated carbocycles. The van der Waals surface area contributed by atoms with Gasteiger partial charge in [0.2, 0.25) is 0 Å². The van der Waals surface area contributed by atoms with Gasteiger partial charge >= 0.3 is 5.63 Å². The number of hydrogen-bond donors (Lipinski definition) is 0. The maximum absolute atomic E-state index is 11.3. The molecule has 0 aliphatic heterocycles. The number of rotatable bonds is 4. The Hall–Kier alpha value is -2.49. The molecule has 0 saturated heterocycles. The molecule has 1 aromatic heterocycles. The minimum Gasteiger partial charge on any atom is -0.497 e. The lowest BCUT2D eigenvalue weighted by molar-refractivity contribution is 0.400. The lowest BCUT2D eigenvalue weighted by Crippen LogP contribution is -1.98. The van der Waals surface area contributed by atoms with Gasteiger partial charge in [-0.2, -0.15) is 0 Å². The van der Waals surface area contributed by atoms with Crippen LogP contribution in [-0.4, -0.2) is 14.2 Å². The molecule has 1 aromatic carbocycles. The minimum atomic E-state index is -0.436. The second kappa shape index (κ2) is 5.91. The van der Waals surface area contributed by atoms with Crippen molar-refractivity contribution in [3.8, 4) is 11.5 Å². The lowest BCUT2D eigenvalue weighted by atomic mass is 10.2. The van der Waals surface area contributed by atoms with Gasteiger partial charge in [0.15, 0.2) is 0 Å². The summed E-state index contributed by atoms with van der Waals surface area (Å²) >= 11 is 0. The number of methoxy groups -OCH3 is 2. The highest BCUT2D eigenvalue weighted by Gasteiger charge is 1.98. The van der Waals surface area contributed by atoms with E-state index in [1.165, 1.54) is 13.2 Å². The largest absolute Gasteiger partial charge is 0.497 e. The SMILES string of the molecule is COc1ccc(C=Cc2cc(OC)cc(=O)o2)cc1. The van der Waals surface area contributed by atoms with Crippen molar-refractivity contribution in [1.29, 1.82) is 0 Å². The average Bonchev–Trinajstić information content (AvgIpc) is 2.45. The van der Waals surface area contributed by atoms with Crippen molar-refractivity contribution in [2.45, 2.75) is 0 Å². The van der Waals surface area contributed by atoms with Gasteiger partial charge in [-0.15, -0.1) is 0 Å². The molecule has 0 spiro atoms. The monoisotopic (exact) mass is 258 g/mol. The molecule has 0 N–H and O–H groups in total. The quantitative estimate of drug-likeness (QED) is 0.846. The molecular formula is C15H14O4. The third-order valence-corrected chi connectivity index (χ3v) is 2.55. The van der Waals surface area contributed by atoms with E-state index in [4.69, 9.17) is 13.9 Å². The summed E-state index contributed by atoms with van der Waals surface area (Å²) in [5.41, 5.74) is 0.542. The second-order valence-corrected chi connectivity index (χ2v) is 3.83. The molecule has 2 aromatic rings. The predicted molar refractivity (Wildman–Crippen MR) is 73.5 cm³/mol. The van der Waals surface area contributed by atoms with Gasteiger partial charge < -0.3 is 13.9 Å². The summed E-state index contributed by atoms with van der Waals surface area (Å²) in [5.74, 6) is 1.72. The van der Waals surface area contributed by atoms with E-state index in [0.717, 1.165) is 11.3 Å². The van der Waals surface area contributed by atoms with Crippen LogP contribution in [0.5, 0.6) is 11.5 Å². The maximum atomic E-state index is 11.3. The van der Waals surface area contributed by atoms with Crippen LogP contribution in [0.4, 0.5) is 0 Å². The van der Waals surface area contributed by atoms with E-state index in [1.54, 1.807) is 19.3 Å². The molecule has 4 heteroatoms. The van der Waals surface area contributed by atoms with Crippen LogP contribution in [0.3, 0.4) is 0 Å².